The van der Waals surface area contributed by atoms with E-state index < -0.39 is 0 Å². The summed E-state index contributed by atoms with van der Waals surface area (Å²) in [5.74, 6) is 1.01. The second-order valence-corrected chi connectivity index (χ2v) is 5.09. The van der Waals surface area contributed by atoms with Crippen molar-refractivity contribution in [2.45, 2.75) is 19.9 Å². The van der Waals surface area contributed by atoms with Crippen LogP contribution in [-0.2, 0) is 7.05 Å². The van der Waals surface area contributed by atoms with Crippen LogP contribution in [0.15, 0.2) is 42.7 Å². The summed E-state index contributed by atoms with van der Waals surface area (Å²) in [4.78, 5) is 9.03. The van der Waals surface area contributed by atoms with Gasteiger partial charge in [0.15, 0.2) is 0 Å². The van der Waals surface area contributed by atoms with Gasteiger partial charge in [0.2, 0.25) is 0 Å². The van der Waals surface area contributed by atoms with Crippen molar-refractivity contribution in [2.75, 3.05) is 5.32 Å². The van der Waals surface area contributed by atoms with E-state index in [9.17, 15) is 0 Å². The monoisotopic (exact) mass is 266 g/mol. The molecule has 0 aliphatic heterocycles. The number of hydrogen-bond acceptors (Lipinski definition) is 3. The summed E-state index contributed by atoms with van der Waals surface area (Å²) in [6.07, 6.45) is 3.78. The lowest BCUT2D eigenvalue weighted by Gasteiger charge is -2.16. The smallest absolute Gasteiger partial charge is 0.130 e. The number of para-hydroxylation sites is 1. The van der Waals surface area contributed by atoms with Crippen molar-refractivity contribution in [1.29, 1.82) is 0 Å². The van der Waals surface area contributed by atoms with Gasteiger partial charge in [-0.05, 0) is 26.0 Å². The Balaban J connectivity index is 1.98. The summed E-state index contributed by atoms with van der Waals surface area (Å²) >= 11 is 0. The van der Waals surface area contributed by atoms with E-state index >= 15 is 0 Å². The number of aromatic nitrogens is 3. The Bertz CT molecular complexity index is 745. The van der Waals surface area contributed by atoms with Crippen molar-refractivity contribution < 1.29 is 0 Å². The molecule has 0 saturated carbocycles. The molecule has 0 aliphatic rings. The van der Waals surface area contributed by atoms with Crippen LogP contribution in [0.5, 0.6) is 0 Å². The Hall–Kier alpha value is -2.36. The Morgan fingerprint density at radius 2 is 2.05 bits per heavy atom. The van der Waals surface area contributed by atoms with Gasteiger partial charge in [-0.15, -0.1) is 0 Å². The Morgan fingerprint density at radius 1 is 1.20 bits per heavy atom. The molecular weight excluding hydrogens is 248 g/mol. The largest absolute Gasteiger partial charge is 0.374 e. The van der Waals surface area contributed by atoms with Crippen molar-refractivity contribution in [3.63, 3.8) is 0 Å². The molecule has 0 amide bonds. The van der Waals surface area contributed by atoms with Crippen molar-refractivity contribution >= 4 is 16.6 Å². The Morgan fingerprint density at radius 3 is 2.80 bits per heavy atom. The molecule has 102 valence electrons. The van der Waals surface area contributed by atoms with E-state index in [0.29, 0.717) is 0 Å². The van der Waals surface area contributed by atoms with E-state index in [1.165, 1.54) is 0 Å². The zero-order chi connectivity index (χ0) is 14.1. The van der Waals surface area contributed by atoms with Gasteiger partial charge in [0, 0.05) is 30.5 Å². The lowest BCUT2D eigenvalue weighted by molar-refractivity contribution is 0.722. The maximum absolute atomic E-state index is 4.64. The number of nitrogens with one attached hydrogen (secondary N) is 1. The number of imidazole rings is 1. The zero-order valence-corrected chi connectivity index (χ0v) is 12.0. The predicted octanol–water partition coefficient (Wildman–Crippen LogP) is 3.45. The maximum atomic E-state index is 4.64. The molecule has 1 atom stereocenters. The third-order valence-electron chi connectivity index (χ3n) is 3.48. The van der Waals surface area contributed by atoms with Gasteiger partial charge in [0.1, 0.15) is 5.82 Å². The zero-order valence-electron chi connectivity index (χ0n) is 12.0. The fourth-order valence-electron chi connectivity index (χ4n) is 2.45. The number of hydrogen-bond donors (Lipinski definition) is 1. The molecular formula is C16H18N4. The van der Waals surface area contributed by atoms with E-state index in [-0.39, 0.29) is 6.04 Å². The Kier molecular flexibility index (Phi) is 3.14. The summed E-state index contributed by atoms with van der Waals surface area (Å²) in [6, 6.07) is 10.5. The van der Waals surface area contributed by atoms with Crippen LogP contribution in [0.25, 0.3) is 10.9 Å². The highest BCUT2D eigenvalue weighted by Crippen LogP contribution is 2.25. The number of anilines is 1. The van der Waals surface area contributed by atoms with E-state index in [4.69, 9.17) is 0 Å². The molecule has 20 heavy (non-hydrogen) atoms. The third-order valence-corrected chi connectivity index (χ3v) is 3.48. The minimum Gasteiger partial charge on any atom is -0.374 e. The van der Waals surface area contributed by atoms with Crippen LogP contribution in [-0.4, -0.2) is 14.5 Å². The number of benzene rings is 1. The van der Waals surface area contributed by atoms with Crippen LogP contribution in [0, 0.1) is 6.92 Å². The standard InChI is InChI=1S/C16H18N4/c1-11-7-8-13-5-4-6-14(15(13)18-11)19-12(2)16-17-9-10-20(16)3/h4-10,12,19H,1-3H3. The molecule has 3 rings (SSSR count). The van der Waals surface area contributed by atoms with Crippen LogP contribution in [0.4, 0.5) is 5.69 Å². The number of rotatable bonds is 3. The Labute approximate surface area is 118 Å². The minimum atomic E-state index is 0.128. The molecule has 0 radical (unpaired) electrons. The predicted molar refractivity (Wildman–Crippen MR) is 81.7 cm³/mol. The topological polar surface area (TPSA) is 42.7 Å². The summed E-state index contributed by atoms with van der Waals surface area (Å²) < 4.78 is 2.03. The van der Waals surface area contributed by atoms with Gasteiger partial charge in [-0.25, -0.2) is 4.98 Å². The van der Waals surface area contributed by atoms with Gasteiger partial charge < -0.3 is 9.88 Å². The molecule has 2 heterocycles. The quantitative estimate of drug-likeness (QED) is 0.789. The van der Waals surface area contributed by atoms with Gasteiger partial charge in [-0.1, -0.05) is 18.2 Å². The highest BCUT2D eigenvalue weighted by molar-refractivity contribution is 5.90. The number of fused-ring (bicyclic) bond motifs is 1. The fraction of sp³-hybridized carbons (Fsp3) is 0.250. The van der Waals surface area contributed by atoms with Crippen molar-refractivity contribution in [1.82, 2.24) is 14.5 Å². The van der Waals surface area contributed by atoms with Gasteiger partial charge in [-0.3, -0.25) is 4.98 Å². The van der Waals surface area contributed by atoms with Crippen LogP contribution in [0.3, 0.4) is 0 Å². The second kappa shape index (κ2) is 4.96. The number of pyridine rings is 1. The summed E-state index contributed by atoms with van der Waals surface area (Å²) in [7, 11) is 2.01. The van der Waals surface area contributed by atoms with Crippen LogP contribution in [0.2, 0.25) is 0 Å². The summed E-state index contributed by atoms with van der Waals surface area (Å²) in [5, 5.41) is 4.66. The molecule has 0 fully saturated rings. The molecule has 0 spiro atoms. The van der Waals surface area contributed by atoms with Crippen molar-refractivity contribution in [3.8, 4) is 0 Å². The number of aryl methyl sites for hydroxylation is 2. The maximum Gasteiger partial charge on any atom is 0.130 e. The summed E-state index contributed by atoms with van der Waals surface area (Å²) in [5.41, 5.74) is 3.08. The first-order chi connectivity index (χ1) is 9.65. The second-order valence-electron chi connectivity index (χ2n) is 5.09. The molecule has 0 saturated heterocycles. The van der Waals surface area contributed by atoms with Crippen LogP contribution in [0.1, 0.15) is 24.5 Å². The molecule has 1 aromatic carbocycles. The molecule has 1 unspecified atom stereocenters. The lowest BCUT2D eigenvalue weighted by Crippen LogP contribution is -2.12. The highest BCUT2D eigenvalue weighted by atomic mass is 15.1. The minimum absolute atomic E-state index is 0.128. The molecule has 0 aliphatic carbocycles. The third kappa shape index (κ3) is 2.25. The van der Waals surface area contributed by atoms with Crippen LogP contribution >= 0.6 is 0 Å². The molecule has 3 aromatic rings. The first-order valence-corrected chi connectivity index (χ1v) is 6.75. The van der Waals surface area contributed by atoms with Crippen molar-refractivity contribution in [2.24, 2.45) is 7.05 Å². The molecule has 2 aromatic heterocycles. The van der Waals surface area contributed by atoms with E-state index in [2.05, 4.69) is 40.4 Å². The van der Waals surface area contributed by atoms with Crippen molar-refractivity contribution in [3.05, 3.63) is 54.2 Å². The van der Waals surface area contributed by atoms with Gasteiger partial charge in [0.05, 0.1) is 17.2 Å². The lowest BCUT2D eigenvalue weighted by atomic mass is 10.1. The molecule has 4 heteroatoms. The van der Waals surface area contributed by atoms with Gasteiger partial charge in [0.25, 0.3) is 0 Å². The molecule has 1 N–H and O–H groups in total. The average Bonchev–Trinajstić information content (AvgIpc) is 2.86. The molecule has 0 bridgehead atoms. The van der Waals surface area contributed by atoms with Crippen LogP contribution < -0.4 is 5.32 Å². The van der Waals surface area contributed by atoms with E-state index in [0.717, 1.165) is 28.1 Å². The van der Waals surface area contributed by atoms with Gasteiger partial charge in [-0.2, -0.15) is 0 Å². The van der Waals surface area contributed by atoms with Gasteiger partial charge >= 0.3 is 0 Å². The first kappa shape index (κ1) is 12.7. The molecule has 4 nitrogen and oxygen atoms in total. The SMILES string of the molecule is Cc1ccc2cccc(NC(C)c3nccn3C)c2n1. The summed E-state index contributed by atoms with van der Waals surface area (Å²) in [6.45, 7) is 4.12. The first-order valence-electron chi connectivity index (χ1n) is 6.75. The normalized spacial score (nSPS) is 12.6. The average molecular weight is 266 g/mol. The van der Waals surface area contributed by atoms with E-state index in [1.807, 2.05) is 43.1 Å². The van der Waals surface area contributed by atoms with E-state index in [1.54, 1.807) is 0 Å². The highest BCUT2D eigenvalue weighted by Gasteiger charge is 2.12. The number of nitrogens with zero attached hydrogens (tertiary/aromatic N) is 3. The fourth-order valence-corrected chi connectivity index (χ4v) is 2.45.